The molecule has 0 N–H and O–H groups in total. The number of hydrogen-bond donors (Lipinski definition) is 0. The minimum atomic E-state index is -0.453. The maximum Gasteiger partial charge on any atom is 0.0851 e. The molecule has 1 fully saturated rings. The fraction of sp³-hybridized carbons (Fsp3) is 0.480. The van der Waals surface area contributed by atoms with E-state index in [1.165, 1.54) is 12.0 Å². The van der Waals surface area contributed by atoms with Gasteiger partial charge in [-0.05, 0) is 74.4 Å². The SMILES string of the molecule is CCN(CCCC(C#N)(c1ccc(Cl)c(Cl)c1)C1CCC1)CCc1ccccc1. The highest BCUT2D eigenvalue weighted by Gasteiger charge is 2.43. The van der Waals surface area contributed by atoms with Gasteiger partial charge in [-0.1, -0.05) is 72.9 Å². The molecule has 2 aromatic rings. The van der Waals surface area contributed by atoms with Crippen molar-refractivity contribution < 1.29 is 0 Å². The van der Waals surface area contributed by atoms with Gasteiger partial charge in [0, 0.05) is 6.54 Å². The molecular formula is C25H30Cl2N2. The molecule has 2 aromatic carbocycles. The van der Waals surface area contributed by atoms with Gasteiger partial charge in [-0.2, -0.15) is 5.26 Å². The summed E-state index contributed by atoms with van der Waals surface area (Å²) in [5.74, 6) is 0.420. The quantitative estimate of drug-likeness (QED) is 0.411. The van der Waals surface area contributed by atoms with E-state index in [2.05, 4.69) is 48.2 Å². The molecule has 2 nitrogen and oxygen atoms in total. The summed E-state index contributed by atoms with van der Waals surface area (Å²) in [5.41, 5.74) is 1.96. The van der Waals surface area contributed by atoms with Crippen LogP contribution >= 0.6 is 23.2 Å². The minimum absolute atomic E-state index is 0.420. The minimum Gasteiger partial charge on any atom is -0.303 e. The van der Waals surface area contributed by atoms with Gasteiger partial charge in [-0.25, -0.2) is 0 Å². The Kier molecular flexibility index (Phi) is 8.01. The van der Waals surface area contributed by atoms with Crippen LogP contribution in [-0.4, -0.2) is 24.5 Å². The van der Waals surface area contributed by atoms with Crippen LogP contribution in [0.5, 0.6) is 0 Å². The summed E-state index contributed by atoms with van der Waals surface area (Å²) in [4.78, 5) is 2.49. The summed E-state index contributed by atoms with van der Waals surface area (Å²) in [7, 11) is 0. The molecule has 1 unspecified atom stereocenters. The van der Waals surface area contributed by atoms with E-state index in [4.69, 9.17) is 23.2 Å². The van der Waals surface area contributed by atoms with Gasteiger partial charge in [0.15, 0.2) is 0 Å². The van der Waals surface area contributed by atoms with E-state index in [0.717, 1.165) is 57.3 Å². The lowest BCUT2D eigenvalue weighted by atomic mass is 9.61. The summed E-state index contributed by atoms with van der Waals surface area (Å²) in [5, 5.41) is 11.4. The van der Waals surface area contributed by atoms with Gasteiger partial charge < -0.3 is 4.90 Å². The van der Waals surface area contributed by atoms with Crippen molar-refractivity contribution in [2.75, 3.05) is 19.6 Å². The summed E-state index contributed by atoms with van der Waals surface area (Å²) in [6.45, 7) is 5.31. The van der Waals surface area contributed by atoms with E-state index < -0.39 is 5.41 Å². The summed E-state index contributed by atoms with van der Waals surface area (Å²) < 4.78 is 0. The lowest BCUT2D eigenvalue weighted by Gasteiger charge is -2.41. The number of halogens is 2. The standard InChI is InChI=1S/C25H30Cl2N2/c1-2-29(17-14-20-8-4-3-5-9-20)16-7-15-25(19-28,21-10-6-11-21)22-12-13-23(26)24(27)18-22/h3-5,8-9,12-13,18,21H,2,6-7,10-11,14-17H2,1H3. The third kappa shape index (κ3) is 5.34. The Morgan fingerprint density at radius 1 is 1.07 bits per heavy atom. The second kappa shape index (κ2) is 10.5. The fourth-order valence-corrected chi connectivity index (χ4v) is 4.71. The highest BCUT2D eigenvalue weighted by Crippen LogP contribution is 2.47. The first-order valence-electron chi connectivity index (χ1n) is 10.7. The molecule has 0 aliphatic heterocycles. The Bertz CT molecular complexity index is 826. The largest absolute Gasteiger partial charge is 0.303 e. The van der Waals surface area contributed by atoms with Gasteiger partial charge in [-0.3, -0.25) is 0 Å². The molecular weight excluding hydrogens is 399 g/mol. The summed E-state index contributed by atoms with van der Waals surface area (Å²) in [6, 6.07) is 19.1. The number of benzene rings is 2. The zero-order chi connectivity index (χ0) is 20.7. The van der Waals surface area contributed by atoms with Crippen LogP contribution in [0.3, 0.4) is 0 Å². The summed E-state index contributed by atoms with van der Waals surface area (Å²) in [6.07, 6.45) is 6.40. The molecule has 0 amide bonds. The van der Waals surface area contributed by atoms with E-state index in [9.17, 15) is 5.26 Å². The summed E-state index contributed by atoms with van der Waals surface area (Å²) >= 11 is 12.4. The van der Waals surface area contributed by atoms with E-state index in [0.29, 0.717) is 16.0 Å². The van der Waals surface area contributed by atoms with Crippen molar-refractivity contribution in [3.8, 4) is 6.07 Å². The molecule has 1 aliphatic rings. The van der Waals surface area contributed by atoms with Crippen molar-refractivity contribution in [1.29, 1.82) is 5.26 Å². The third-order valence-corrected chi connectivity index (χ3v) is 7.23. The maximum atomic E-state index is 10.3. The van der Waals surface area contributed by atoms with Crippen LogP contribution in [0.15, 0.2) is 48.5 Å². The molecule has 0 spiro atoms. The van der Waals surface area contributed by atoms with Gasteiger partial charge in [0.1, 0.15) is 0 Å². The fourth-order valence-electron chi connectivity index (χ4n) is 4.41. The van der Waals surface area contributed by atoms with Crippen LogP contribution in [-0.2, 0) is 11.8 Å². The maximum absolute atomic E-state index is 10.3. The third-order valence-electron chi connectivity index (χ3n) is 6.49. The van der Waals surface area contributed by atoms with Crippen LogP contribution in [0.2, 0.25) is 10.0 Å². The smallest absolute Gasteiger partial charge is 0.0851 e. The van der Waals surface area contributed by atoms with Gasteiger partial charge in [0.2, 0.25) is 0 Å². The molecule has 154 valence electrons. The number of hydrogen-bond acceptors (Lipinski definition) is 2. The zero-order valence-electron chi connectivity index (χ0n) is 17.2. The van der Waals surface area contributed by atoms with Gasteiger partial charge in [0.05, 0.1) is 21.5 Å². The second-order valence-corrected chi connectivity index (χ2v) is 8.93. The Morgan fingerprint density at radius 2 is 1.83 bits per heavy atom. The van der Waals surface area contributed by atoms with E-state index in [1.54, 1.807) is 0 Å². The Balaban J connectivity index is 1.65. The average molecular weight is 429 g/mol. The van der Waals surface area contributed by atoms with Crippen molar-refractivity contribution in [3.63, 3.8) is 0 Å². The normalized spacial score (nSPS) is 16.2. The van der Waals surface area contributed by atoms with Crippen molar-refractivity contribution >= 4 is 23.2 Å². The molecule has 1 aliphatic carbocycles. The highest BCUT2D eigenvalue weighted by molar-refractivity contribution is 6.42. The first kappa shape index (κ1) is 22.2. The number of rotatable bonds is 10. The van der Waals surface area contributed by atoms with E-state index in [1.807, 2.05) is 18.2 Å². The van der Waals surface area contributed by atoms with Crippen LogP contribution in [0, 0.1) is 17.2 Å². The number of likely N-dealkylation sites (N-methyl/N-ethyl adjacent to an activating group) is 1. The molecule has 0 saturated heterocycles. The Morgan fingerprint density at radius 3 is 2.41 bits per heavy atom. The van der Waals surface area contributed by atoms with Gasteiger partial charge >= 0.3 is 0 Å². The molecule has 3 rings (SSSR count). The van der Waals surface area contributed by atoms with Gasteiger partial charge in [0.25, 0.3) is 0 Å². The lowest BCUT2D eigenvalue weighted by molar-refractivity contribution is 0.185. The second-order valence-electron chi connectivity index (χ2n) is 8.11. The molecule has 0 heterocycles. The molecule has 0 aromatic heterocycles. The van der Waals surface area contributed by atoms with Crippen LogP contribution < -0.4 is 0 Å². The molecule has 1 atom stereocenters. The van der Waals surface area contributed by atoms with Crippen molar-refractivity contribution in [2.24, 2.45) is 5.92 Å². The average Bonchev–Trinajstić information content (AvgIpc) is 2.71. The van der Waals surface area contributed by atoms with Crippen LogP contribution in [0.1, 0.15) is 50.2 Å². The predicted octanol–water partition coefficient (Wildman–Crippen LogP) is 6.90. The van der Waals surface area contributed by atoms with Crippen molar-refractivity contribution in [2.45, 2.75) is 50.9 Å². The molecule has 4 heteroatoms. The van der Waals surface area contributed by atoms with Crippen LogP contribution in [0.25, 0.3) is 0 Å². The highest BCUT2D eigenvalue weighted by atomic mass is 35.5. The first-order chi connectivity index (χ1) is 14.1. The zero-order valence-corrected chi connectivity index (χ0v) is 18.7. The number of nitrogens with zero attached hydrogens (tertiary/aromatic N) is 2. The predicted molar refractivity (Wildman–Crippen MR) is 123 cm³/mol. The Hall–Kier alpha value is -1.53. The Labute approximate surface area is 185 Å². The van der Waals surface area contributed by atoms with E-state index >= 15 is 0 Å². The van der Waals surface area contributed by atoms with Crippen LogP contribution in [0.4, 0.5) is 0 Å². The van der Waals surface area contributed by atoms with E-state index in [-0.39, 0.29) is 0 Å². The lowest BCUT2D eigenvalue weighted by Crippen LogP contribution is -2.39. The molecule has 1 saturated carbocycles. The van der Waals surface area contributed by atoms with Gasteiger partial charge in [-0.15, -0.1) is 0 Å². The molecule has 0 radical (unpaired) electrons. The molecule has 29 heavy (non-hydrogen) atoms. The topological polar surface area (TPSA) is 27.0 Å². The monoisotopic (exact) mass is 428 g/mol. The number of nitriles is 1. The van der Waals surface area contributed by atoms with Crippen molar-refractivity contribution in [3.05, 3.63) is 69.7 Å². The molecule has 0 bridgehead atoms. The van der Waals surface area contributed by atoms with Crippen molar-refractivity contribution in [1.82, 2.24) is 4.90 Å². The first-order valence-corrected chi connectivity index (χ1v) is 11.5.